The predicted octanol–water partition coefficient (Wildman–Crippen LogP) is 2.53. The highest BCUT2D eigenvalue weighted by Crippen LogP contribution is 2.37. The van der Waals surface area contributed by atoms with Crippen molar-refractivity contribution >= 4 is 27.5 Å². The predicted molar refractivity (Wildman–Crippen MR) is 78.7 cm³/mol. The van der Waals surface area contributed by atoms with Crippen molar-refractivity contribution in [3.8, 4) is 11.6 Å². The first-order chi connectivity index (χ1) is 9.90. The topological polar surface area (TPSA) is 128 Å². The number of nitro benzene ring substituents is 1. The molecule has 108 valence electrons. The highest BCUT2D eigenvalue weighted by atomic mass is 79.9. The molecule has 0 spiro atoms. The number of rotatable bonds is 4. The molecule has 0 atom stereocenters. The molecule has 2 aromatic rings. The number of aryl methyl sites for hydroxylation is 1. The first kappa shape index (κ1) is 14.9. The van der Waals surface area contributed by atoms with E-state index >= 15 is 0 Å². The maximum Gasteiger partial charge on any atom is 0.313 e. The number of benzene rings is 1. The van der Waals surface area contributed by atoms with Crippen LogP contribution in [-0.2, 0) is 0 Å². The third kappa shape index (κ3) is 3.14. The summed E-state index contributed by atoms with van der Waals surface area (Å²) in [4.78, 5) is 18.4. The van der Waals surface area contributed by atoms with Crippen molar-refractivity contribution in [3.63, 3.8) is 0 Å². The van der Waals surface area contributed by atoms with E-state index in [-0.39, 0.29) is 28.8 Å². The van der Waals surface area contributed by atoms with E-state index in [9.17, 15) is 10.1 Å². The molecule has 0 fully saturated rings. The molecular weight excluding hydrogens is 342 g/mol. The molecular formula is C12H10BrN5O3. The summed E-state index contributed by atoms with van der Waals surface area (Å²) in [5.74, 6) is -0.361. The SMILES string of the molecule is Cc1cc(Br)cc([N+](=O)[O-])c1Oc1nccnc1C(=N)N. The normalized spacial score (nSPS) is 10.2. The van der Waals surface area contributed by atoms with Crippen LogP contribution in [0.2, 0.25) is 0 Å². The second-order valence-electron chi connectivity index (χ2n) is 4.05. The molecule has 0 aliphatic heterocycles. The number of aromatic nitrogens is 2. The van der Waals surface area contributed by atoms with Crippen LogP contribution >= 0.6 is 15.9 Å². The van der Waals surface area contributed by atoms with Crippen molar-refractivity contribution in [3.05, 3.63) is 50.4 Å². The minimum Gasteiger partial charge on any atom is -0.429 e. The Morgan fingerprint density at radius 2 is 2.10 bits per heavy atom. The van der Waals surface area contributed by atoms with Gasteiger partial charge in [-0.1, -0.05) is 15.9 Å². The first-order valence-electron chi connectivity index (χ1n) is 5.68. The van der Waals surface area contributed by atoms with Gasteiger partial charge in [-0.15, -0.1) is 0 Å². The van der Waals surface area contributed by atoms with E-state index in [1.807, 2.05) is 0 Å². The Kier molecular flexibility index (Phi) is 4.13. The molecule has 3 N–H and O–H groups in total. The largest absolute Gasteiger partial charge is 0.429 e. The molecule has 2 rings (SSSR count). The van der Waals surface area contributed by atoms with E-state index in [1.54, 1.807) is 13.0 Å². The lowest BCUT2D eigenvalue weighted by Gasteiger charge is -2.10. The molecule has 0 saturated carbocycles. The Morgan fingerprint density at radius 3 is 2.71 bits per heavy atom. The average Bonchev–Trinajstić information content (AvgIpc) is 2.41. The molecule has 0 aliphatic rings. The lowest BCUT2D eigenvalue weighted by molar-refractivity contribution is -0.385. The van der Waals surface area contributed by atoms with Gasteiger partial charge in [0.05, 0.1) is 4.92 Å². The van der Waals surface area contributed by atoms with Crippen LogP contribution in [0.25, 0.3) is 0 Å². The molecule has 8 nitrogen and oxygen atoms in total. The van der Waals surface area contributed by atoms with Gasteiger partial charge in [0.2, 0.25) is 11.6 Å². The summed E-state index contributed by atoms with van der Waals surface area (Å²) in [7, 11) is 0. The Balaban J connectivity index is 2.55. The van der Waals surface area contributed by atoms with Gasteiger partial charge in [0.1, 0.15) is 5.84 Å². The van der Waals surface area contributed by atoms with E-state index < -0.39 is 4.92 Å². The van der Waals surface area contributed by atoms with Crippen molar-refractivity contribution in [2.45, 2.75) is 6.92 Å². The number of ether oxygens (including phenoxy) is 1. The summed E-state index contributed by atoms with van der Waals surface area (Å²) in [5.41, 5.74) is 5.73. The number of nitrogens with two attached hydrogens (primary N) is 1. The Labute approximate surface area is 127 Å². The van der Waals surface area contributed by atoms with Gasteiger partial charge >= 0.3 is 5.69 Å². The number of amidine groups is 1. The van der Waals surface area contributed by atoms with E-state index in [0.717, 1.165) is 0 Å². The number of nitrogens with zero attached hydrogens (tertiary/aromatic N) is 3. The van der Waals surface area contributed by atoms with Gasteiger partial charge in [-0.05, 0) is 13.0 Å². The van der Waals surface area contributed by atoms with Crippen LogP contribution in [0.1, 0.15) is 11.3 Å². The van der Waals surface area contributed by atoms with Crippen molar-refractivity contribution in [2.75, 3.05) is 0 Å². The molecule has 0 aliphatic carbocycles. The summed E-state index contributed by atoms with van der Waals surface area (Å²) in [6.07, 6.45) is 2.70. The van der Waals surface area contributed by atoms with E-state index in [2.05, 4.69) is 25.9 Å². The van der Waals surface area contributed by atoms with Gasteiger partial charge in [-0.25, -0.2) is 9.97 Å². The lowest BCUT2D eigenvalue weighted by Crippen LogP contribution is -2.15. The van der Waals surface area contributed by atoms with Gasteiger partial charge in [-0.2, -0.15) is 0 Å². The van der Waals surface area contributed by atoms with Crippen LogP contribution in [-0.4, -0.2) is 20.7 Å². The van der Waals surface area contributed by atoms with Gasteiger partial charge in [0, 0.05) is 28.5 Å². The number of halogens is 1. The maximum absolute atomic E-state index is 11.1. The van der Waals surface area contributed by atoms with Gasteiger partial charge in [-0.3, -0.25) is 15.5 Å². The van der Waals surface area contributed by atoms with E-state index in [1.165, 1.54) is 18.5 Å². The minimum atomic E-state index is -0.559. The van der Waals surface area contributed by atoms with Crippen LogP contribution in [0.15, 0.2) is 29.0 Å². The third-order valence-corrected chi connectivity index (χ3v) is 2.99. The highest BCUT2D eigenvalue weighted by molar-refractivity contribution is 9.10. The second-order valence-corrected chi connectivity index (χ2v) is 4.97. The number of nitrogens with one attached hydrogen (secondary N) is 1. The number of hydrogen-bond acceptors (Lipinski definition) is 6. The van der Waals surface area contributed by atoms with Crippen molar-refractivity contribution in [2.24, 2.45) is 5.73 Å². The molecule has 1 aromatic heterocycles. The Morgan fingerprint density at radius 1 is 1.43 bits per heavy atom. The monoisotopic (exact) mass is 351 g/mol. The summed E-state index contributed by atoms with van der Waals surface area (Å²) in [5, 5.41) is 18.6. The number of nitrogen functional groups attached to an aromatic ring is 1. The molecule has 0 radical (unpaired) electrons. The third-order valence-electron chi connectivity index (χ3n) is 2.54. The standard InChI is InChI=1S/C12H10BrN5O3/c1-6-4-7(13)5-8(18(19)20)10(6)21-12-9(11(14)15)16-2-3-17-12/h2-5H,1H3,(H3,14,15). The quantitative estimate of drug-likeness (QED) is 0.377. The summed E-state index contributed by atoms with van der Waals surface area (Å²) in [6, 6.07) is 3.00. The molecule has 1 aromatic carbocycles. The van der Waals surface area contributed by atoms with Crippen molar-refractivity contribution in [1.29, 1.82) is 5.41 Å². The fourth-order valence-electron chi connectivity index (χ4n) is 1.66. The Bertz CT molecular complexity index is 735. The fourth-order valence-corrected chi connectivity index (χ4v) is 2.22. The second kappa shape index (κ2) is 5.83. The summed E-state index contributed by atoms with van der Waals surface area (Å²) >= 11 is 3.20. The smallest absolute Gasteiger partial charge is 0.313 e. The molecule has 1 heterocycles. The molecule has 0 amide bonds. The summed E-state index contributed by atoms with van der Waals surface area (Å²) in [6.45, 7) is 1.66. The zero-order valence-electron chi connectivity index (χ0n) is 10.8. The zero-order valence-corrected chi connectivity index (χ0v) is 12.4. The Hall–Kier alpha value is -2.55. The fraction of sp³-hybridized carbons (Fsp3) is 0.0833. The molecule has 0 unspecified atom stereocenters. The number of hydrogen-bond donors (Lipinski definition) is 2. The maximum atomic E-state index is 11.1. The molecule has 21 heavy (non-hydrogen) atoms. The van der Waals surface area contributed by atoms with Gasteiger partial charge in [0.15, 0.2) is 5.69 Å². The zero-order chi connectivity index (χ0) is 15.6. The summed E-state index contributed by atoms with van der Waals surface area (Å²) < 4.78 is 6.05. The number of nitro groups is 1. The van der Waals surface area contributed by atoms with Crippen LogP contribution < -0.4 is 10.5 Å². The van der Waals surface area contributed by atoms with Gasteiger partial charge in [0.25, 0.3) is 0 Å². The van der Waals surface area contributed by atoms with Crippen LogP contribution in [0, 0.1) is 22.4 Å². The van der Waals surface area contributed by atoms with Crippen LogP contribution in [0.4, 0.5) is 5.69 Å². The highest BCUT2D eigenvalue weighted by Gasteiger charge is 2.22. The minimum absolute atomic E-state index is 0.0223. The van der Waals surface area contributed by atoms with Crippen LogP contribution in [0.3, 0.4) is 0 Å². The van der Waals surface area contributed by atoms with E-state index in [4.69, 9.17) is 15.9 Å². The van der Waals surface area contributed by atoms with Crippen LogP contribution in [0.5, 0.6) is 11.6 Å². The van der Waals surface area contributed by atoms with Gasteiger partial charge < -0.3 is 10.5 Å². The first-order valence-corrected chi connectivity index (χ1v) is 6.47. The average molecular weight is 352 g/mol. The molecule has 9 heteroatoms. The molecule has 0 bridgehead atoms. The lowest BCUT2D eigenvalue weighted by atomic mass is 10.2. The van der Waals surface area contributed by atoms with E-state index in [0.29, 0.717) is 10.0 Å². The van der Waals surface area contributed by atoms with Crippen molar-refractivity contribution in [1.82, 2.24) is 9.97 Å². The molecule has 0 saturated heterocycles. The van der Waals surface area contributed by atoms with Crippen molar-refractivity contribution < 1.29 is 9.66 Å².